The van der Waals surface area contributed by atoms with Gasteiger partial charge in [-0.1, -0.05) is 53.5 Å². The van der Waals surface area contributed by atoms with Gasteiger partial charge in [-0.2, -0.15) is 0 Å². The van der Waals surface area contributed by atoms with Crippen molar-refractivity contribution in [3.8, 4) is 0 Å². The van der Waals surface area contributed by atoms with Gasteiger partial charge in [-0.05, 0) is 11.6 Å². The van der Waals surface area contributed by atoms with Crippen LogP contribution in [0.2, 0.25) is 0 Å². The van der Waals surface area contributed by atoms with Gasteiger partial charge in [0.1, 0.15) is 0 Å². The minimum absolute atomic E-state index is 0.208. The van der Waals surface area contributed by atoms with E-state index in [-0.39, 0.29) is 5.88 Å². The maximum absolute atomic E-state index is 11.5. The number of carbonyl (C=O) groups excluding carboxylic acids is 1. The molecular weight excluding hydrogens is 296 g/mol. The van der Waals surface area contributed by atoms with Gasteiger partial charge in [0.05, 0.1) is 5.88 Å². The van der Waals surface area contributed by atoms with Crippen LogP contribution >= 0.6 is 34.8 Å². The molecule has 1 aromatic carbocycles. The molecule has 0 aromatic heterocycles. The van der Waals surface area contributed by atoms with Crippen molar-refractivity contribution >= 4 is 46.8 Å². The predicted octanol–water partition coefficient (Wildman–Crippen LogP) is 2.55. The monoisotopic (exact) mass is 307 g/mol. The third-order valence-electron chi connectivity index (χ3n) is 2.08. The topological polar surface area (TPSA) is 49.3 Å². The van der Waals surface area contributed by atoms with Crippen molar-refractivity contribution in [3.05, 3.63) is 42.0 Å². The summed E-state index contributed by atoms with van der Waals surface area (Å²) in [5, 5.41) is 11.8. The molecule has 0 bridgehead atoms. The lowest BCUT2D eigenvalue weighted by Crippen LogP contribution is -2.46. The van der Waals surface area contributed by atoms with E-state index in [0.717, 1.165) is 5.56 Å². The van der Waals surface area contributed by atoms with Crippen molar-refractivity contribution < 1.29 is 9.90 Å². The average Bonchev–Trinajstić information content (AvgIpc) is 2.37. The third kappa shape index (κ3) is 4.86. The van der Waals surface area contributed by atoms with Gasteiger partial charge in [0, 0.05) is 6.08 Å². The van der Waals surface area contributed by atoms with E-state index >= 15 is 0 Å². The molecule has 0 fully saturated rings. The van der Waals surface area contributed by atoms with Gasteiger partial charge in [-0.15, -0.1) is 11.6 Å². The van der Waals surface area contributed by atoms with Gasteiger partial charge in [-0.25, -0.2) is 0 Å². The van der Waals surface area contributed by atoms with Crippen molar-refractivity contribution in [2.75, 3.05) is 5.88 Å². The van der Waals surface area contributed by atoms with Crippen LogP contribution in [0.3, 0.4) is 0 Å². The Hall–Kier alpha value is -0.740. The molecule has 0 spiro atoms. The number of alkyl halides is 3. The number of hydrogen-bond acceptors (Lipinski definition) is 2. The summed E-state index contributed by atoms with van der Waals surface area (Å²) in [5.41, 5.74) is 0.863. The zero-order valence-electron chi connectivity index (χ0n) is 9.32. The van der Waals surface area contributed by atoms with Crippen molar-refractivity contribution in [2.45, 2.75) is 10.6 Å². The summed E-state index contributed by atoms with van der Waals surface area (Å²) < 4.78 is -1.61. The molecular formula is C12H12Cl3NO2. The molecule has 0 saturated heterocycles. The average molecular weight is 309 g/mol. The lowest BCUT2D eigenvalue weighted by Gasteiger charge is -2.23. The normalized spacial score (nSPS) is 13.6. The van der Waals surface area contributed by atoms with Gasteiger partial charge in [0.15, 0.2) is 10.6 Å². The van der Waals surface area contributed by atoms with Gasteiger partial charge in [0.25, 0.3) is 0 Å². The SMILES string of the molecule is O=C(C=Cc1ccccc1)NC(O)C(Cl)(Cl)CCl. The molecule has 0 aliphatic carbocycles. The Balaban J connectivity index is 2.55. The second-order valence-corrected chi connectivity index (χ2v) is 5.36. The molecule has 0 aliphatic rings. The van der Waals surface area contributed by atoms with E-state index in [1.165, 1.54) is 6.08 Å². The summed E-state index contributed by atoms with van der Waals surface area (Å²) >= 11 is 16.8. The second-order valence-electron chi connectivity index (χ2n) is 3.55. The van der Waals surface area contributed by atoms with E-state index in [2.05, 4.69) is 5.32 Å². The summed E-state index contributed by atoms with van der Waals surface area (Å²) in [6.07, 6.45) is 1.44. The number of rotatable bonds is 5. The maximum atomic E-state index is 11.5. The number of aliphatic hydroxyl groups excluding tert-OH is 1. The molecule has 1 amide bonds. The van der Waals surface area contributed by atoms with Crippen LogP contribution in [0.15, 0.2) is 36.4 Å². The van der Waals surface area contributed by atoms with Crippen molar-refractivity contribution in [2.24, 2.45) is 0 Å². The maximum Gasteiger partial charge on any atom is 0.246 e. The minimum atomic E-state index is -1.61. The lowest BCUT2D eigenvalue weighted by atomic mass is 10.2. The molecule has 6 heteroatoms. The van der Waals surface area contributed by atoms with E-state index in [1.54, 1.807) is 6.08 Å². The Morgan fingerprint density at radius 1 is 1.39 bits per heavy atom. The number of halogens is 3. The molecule has 1 atom stereocenters. The molecule has 3 nitrogen and oxygen atoms in total. The molecule has 1 rings (SSSR count). The van der Waals surface area contributed by atoms with Crippen LogP contribution in [0, 0.1) is 0 Å². The zero-order valence-corrected chi connectivity index (χ0v) is 11.6. The minimum Gasteiger partial charge on any atom is -0.370 e. The number of amides is 1. The summed E-state index contributed by atoms with van der Waals surface area (Å²) in [7, 11) is 0. The first-order chi connectivity index (χ1) is 8.45. The van der Waals surface area contributed by atoms with E-state index in [4.69, 9.17) is 34.8 Å². The predicted molar refractivity (Wildman–Crippen MR) is 74.8 cm³/mol. The smallest absolute Gasteiger partial charge is 0.246 e. The Bertz CT molecular complexity index is 421. The van der Waals surface area contributed by atoms with Crippen molar-refractivity contribution in [3.63, 3.8) is 0 Å². The van der Waals surface area contributed by atoms with Crippen molar-refractivity contribution in [1.82, 2.24) is 5.32 Å². The lowest BCUT2D eigenvalue weighted by molar-refractivity contribution is -0.119. The summed E-state index contributed by atoms with van der Waals surface area (Å²) in [6, 6.07) is 9.25. The first kappa shape index (κ1) is 15.3. The number of benzene rings is 1. The fraction of sp³-hybridized carbons (Fsp3) is 0.250. The fourth-order valence-corrected chi connectivity index (χ4v) is 1.35. The van der Waals surface area contributed by atoms with Crippen LogP contribution in [0.5, 0.6) is 0 Å². The fourth-order valence-electron chi connectivity index (χ4n) is 1.10. The number of aliphatic hydroxyl groups is 1. The van der Waals surface area contributed by atoms with E-state index in [0.29, 0.717) is 0 Å². The standard InChI is InChI=1S/C12H12Cl3NO2/c13-8-12(14,15)11(18)16-10(17)7-6-9-4-2-1-3-5-9/h1-7,11,18H,8H2,(H,16,17). The Kier molecular flexibility index (Phi) is 5.96. The van der Waals surface area contributed by atoms with Crippen LogP contribution in [-0.2, 0) is 4.79 Å². The molecule has 18 heavy (non-hydrogen) atoms. The molecule has 1 aromatic rings. The Morgan fingerprint density at radius 2 is 2.00 bits per heavy atom. The molecule has 0 aliphatic heterocycles. The molecule has 2 N–H and O–H groups in total. The van der Waals surface area contributed by atoms with Crippen LogP contribution in [0.25, 0.3) is 6.08 Å². The Labute approximate surface area is 120 Å². The highest BCUT2D eigenvalue weighted by molar-refractivity contribution is 6.52. The van der Waals surface area contributed by atoms with Crippen LogP contribution < -0.4 is 5.32 Å². The summed E-state index contributed by atoms with van der Waals surface area (Å²) in [5.74, 6) is -0.720. The van der Waals surface area contributed by atoms with Crippen LogP contribution in [-0.4, -0.2) is 27.5 Å². The van der Waals surface area contributed by atoms with E-state index in [1.807, 2.05) is 30.3 Å². The zero-order chi connectivity index (χ0) is 13.6. The second kappa shape index (κ2) is 7.00. The number of carbonyl (C=O) groups is 1. The Morgan fingerprint density at radius 3 is 2.56 bits per heavy atom. The molecule has 0 heterocycles. The first-order valence-electron chi connectivity index (χ1n) is 5.11. The van der Waals surface area contributed by atoms with Gasteiger partial charge in [-0.3, -0.25) is 4.79 Å². The van der Waals surface area contributed by atoms with Crippen molar-refractivity contribution in [1.29, 1.82) is 0 Å². The van der Waals surface area contributed by atoms with E-state index in [9.17, 15) is 9.90 Å². The van der Waals surface area contributed by atoms with Gasteiger partial charge in [0.2, 0.25) is 5.91 Å². The largest absolute Gasteiger partial charge is 0.370 e. The van der Waals surface area contributed by atoms with Gasteiger partial charge < -0.3 is 10.4 Å². The number of hydrogen-bond donors (Lipinski definition) is 2. The molecule has 1 unspecified atom stereocenters. The summed E-state index contributed by atoms with van der Waals surface area (Å²) in [6.45, 7) is 0. The summed E-state index contributed by atoms with van der Waals surface area (Å²) in [4.78, 5) is 11.5. The highest BCUT2D eigenvalue weighted by Crippen LogP contribution is 2.25. The highest BCUT2D eigenvalue weighted by atomic mass is 35.5. The highest BCUT2D eigenvalue weighted by Gasteiger charge is 2.33. The molecule has 0 radical (unpaired) electrons. The quantitative estimate of drug-likeness (QED) is 0.499. The van der Waals surface area contributed by atoms with Gasteiger partial charge >= 0.3 is 0 Å². The van der Waals surface area contributed by atoms with Crippen LogP contribution in [0.1, 0.15) is 5.56 Å². The van der Waals surface area contributed by atoms with E-state index < -0.39 is 16.5 Å². The first-order valence-corrected chi connectivity index (χ1v) is 6.40. The third-order valence-corrected chi connectivity index (χ3v) is 3.46. The number of nitrogens with one attached hydrogen (secondary N) is 1. The molecule has 0 saturated carbocycles. The molecule has 98 valence electrons. The van der Waals surface area contributed by atoms with Crippen LogP contribution in [0.4, 0.5) is 0 Å².